The second kappa shape index (κ2) is 8.86. The van der Waals surface area contributed by atoms with Crippen molar-refractivity contribution in [2.24, 2.45) is 0 Å². The van der Waals surface area contributed by atoms with E-state index in [1.54, 1.807) is 10.4 Å². The van der Waals surface area contributed by atoms with Crippen molar-refractivity contribution in [3.63, 3.8) is 0 Å². The van der Waals surface area contributed by atoms with Crippen LogP contribution in [0.1, 0.15) is 16.7 Å². The molecule has 1 saturated heterocycles. The molecular formula is C21H28N3O3S+. The smallest absolute Gasteiger partial charge is 0.275 e. The summed E-state index contributed by atoms with van der Waals surface area (Å²) in [7, 11) is -3.49. The number of nitrogens with zero attached hydrogens (tertiary/aromatic N) is 1. The maximum Gasteiger partial charge on any atom is 0.275 e. The third-order valence-electron chi connectivity index (χ3n) is 5.13. The molecule has 0 atom stereocenters. The first kappa shape index (κ1) is 20.5. The maximum atomic E-state index is 13.0. The lowest BCUT2D eigenvalue weighted by Crippen LogP contribution is -3.15. The van der Waals surface area contributed by atoms with Gasteiger partial charge < -0.3 is 10.2 Å². The molecule has 1 aliphatic rings. The van der Waals surface area contributed by atoms with Gasteiger partial charge in [0.15, 0.2) is 6.54 Å². The molecule has 2 aromatic rings. The summed E-state index contributed by atoms with van der Waals surface area (Å²) >= 11 is 0. The molecule has 7 heteroatoms. The summed E-state index contributed by atoms with van der Waals surface area (Å²) in [5.74, 6) is -0.00955. The van der Waals surface area contributed by atoms with Gasteiger partial charge in [0, 0.05) is 6.54 Å². The fourth-order valence-electron chi connectivity index (χ4n) is 3.43. The van der Waals surface area contributed by atoms with Crippen LogP contribution in [0.2, 0.25) is 0 Å². The van der Waals surface area contributed by atoms with Gasteiger partial charge in [-0.1, -0.05) is 42.5 Å². The zero-order valence-electron chi connectivity index (χ0n) is 16.4. The van der Waals surface area contributed by atoms with Gasteiger partial charge in [-0.15, -0.1) is 0 Å². The molecule has 2 aromatic carbocycles. The van der Waals surface area contributed by atoms with E-state index in [2.05, 4.69) is 5.32 Å². The number of hydrogen-bond acceptors (Lipinski definition) is 3. The lowest BCUT2D eigenvalue weighted by molar-refractivity contribution is -0.895. The summed E-state index contributed by atoms with van der Waals surface area (Å²) < 4.78 is 27.5. The zero-order chi connectivity index (χ0) is 20.1. The number of nitrogens with one attached hydrogen (secondary N) is 2. The molecule has 28 heavy (non-hydrogen) atoms. The van der Waals surface area contributed by atoms with Gasteiger partial charge in [0.1, 0.15) is 0 Å². The number of benzene rings is 2. The number of hydrogen-bond donors (Lipinski definition) is 2. The van der Waals surface area contributed by atoms with Gasteiger partial charge in [-0.2, -0.15) is 4.31 Å². The first-order valence-corrected chi connectivity index (χ1v) is 11.0. The van der Waals surface area contributed by atoms with Crippen molar-refractivity contribution in [3.8, 4) is 0 Å². The van der Waals surface area contributed by atoms with Crippen molar-refractivity contribution in [1.82, 2.24) is 9.62 Å². The number of quaternary nitrogens is 1. The molecule has 1 aliphatic heterocycles. The summed E-state index contributed by atoms with van der Waals surface area (Å²) in [5.41, 5.74) is 2.76. The second-order valence-corrected chi connectivity index (χ2v) is 9.27. The first-order valence-electron chi connectivity index (χ1n) is 9.58. The Kier molecular flexibility index (Phi) is 6.49. The lowest BCUT2D eigenvalue weighted by atomic mass is 10.2. The Labute approximate surface area is 167 Å². The number of amides is 1. The monoisotopic (exact) mass is 402 g/mol. The highest BCUT2D eigenvalue weighted by molar-refractivity contribution is 7.89. The van der Waals surface area contributed by atoms with Gasteiger partial charge >= 0.3 is 0 Å². The molecule has 1 heterocycles. The van der Waals surface area contributed by atoms with Crippen LogP contribution < -0.4 is 10.2 Å². The highest BCUT2D eigenvalue weighted by atomic mass is 32.2. The molecule has 0 radical (unpaired) electrons. The molecule has 0 aromatic heterocycles. The van der Waals surface area contributed by atoms with E-state index >= 15 is 0 Å². The molecular weight excluding hydrogens is 374 g/mol. The van der Waals surface area contributed by atoms with Crippen LogP contribution >= 0.6 is 0 Å². The van der Waals surface area contributed by atoms with Crippen LogP contribution in [-0.4, -0.2) is 51.4 Å². The number of carbonyl (C=O) groups is 1. The topological polar surface area (TPSA) is 70.9 Å². The van der Waals surface area contributed by atoms with Gasteiger partial charge in [0.25, 0.3) is 5.91 Å². The van der Waals surface area contributed by atoms with Gasteiger partial charge in [-0.05, 0) is 36.6 Å². The maximum absolute atomic E-state index is 13.0. The molecule has 0 bridgehead atoms. The van der Waals surface area contributed by atoms with Crippen LogP contribution in [-0.2, 0) is 21.4 Å². The normalized spacial score (nSPS) is 16.1. The van der Waals surface area contributed by atoms with Crippen molar-refractivity contribution >= 4 is 15.9 Å². The fourth-order valence-corrected chi connectivity index (χ4v) is 5.18. The minimum Gasteiger partial charge on any atom is -0.347 e. The van der Waals surface area contributed by atoms with Crippen LogP contribution in [0.25, 0.3) is 0 Å². The molecule has 0 spiro atoms. The van der Waals surface area contributed by atoms with Crippen molar-refractivity contribution in [3.05, 3.63) is 65.2 Å². The van der Waals surface area contributed by atoms with Crippen LogP contribution in [0, 0.1) is 13.8 Å². The minimum atomic E-state index is -3.49. The summed E-state index contributed by atoms with van der Waals surface area (Å²) in [5, 5.41) is 2.94. The molecule has 0 saturated carbocycles. The Hall–Kier alpha value is -2.22. The van der Waals surface area contributed by atoms with Crippen molar-refractivity contribution < 1.29 is 18.1 Å². The largest absolute Gasteiger partial charge is 0.347 e. The predicted molar refractivity (Wildman–Crippen MR) is 109 cm³/mol. The van der Waals surface area contributed by atoms with Gasteiger partial charge in [0.05, 0.1) is 31.1 Å². The Balaban J connectivity index is 1.52. The molecule has 1 amide bonds. The zero-order valence-corrected chi connectivity index (χ0v) is 17.3. The third kappa shape index (κ3) is 4.98. The Morgan fingerprint density at radius 1 is 1.07 bits per heavy atom. The molecule has 0 unspecified atom stereocenters. The average molecular weight is 403 g/mol. The number of aryl methyl sites for hydroxylation is 2. The molecule has 1 fully saturated rings. The minimum absolute atomic E-state index is 0.00955. The van der Waals surface area contributed by atoms with Crippen molar-refractivity contribution in [2.45, 2.75) is 25.3 Å². The van der Waals surface area contributed by atoms with Crippen molar-refractivity contribution in [2.75, 3.05) is 32.7 Å². The highest BCUT2D eigenvalue weighted by Gasteiger charge is 2.32. The van der Waals surface area contributed by atoms with E-state index in [-0.39, 0.29) is 5.91 Å². The van der Waals surface area contributed by atoms with Crippen LogP contribution in [0.5, 0.6) is 0 Å². The lowest BCUT2D eigenvalue weighted by Gasteiger charge is -2.31. The molecule has 2 N–H and O–H groups in total. The summed E-state index contributed by atoms with van der Waals surface area (Å²) in [6.07, 6.45) is 0. The molecule has 150 valence electrons. The van der Waals surface area contributed by atoms with Gasteiger partial charge in [-0.3, -0.25) is 4.79 Å². The van der Waals surface area contributed by atoms with E-state index in [4.69, 9.17) is 0 Å². The van der Waals surface area contributed by atoms with E-state index in [9.17, 15) is 13.2 Å². The fraction of sp³-hybridized carbons (Fsp3) is 0.381. The van der Waals surface area contributed by atoms with Gasteiger partial charge in [-0.25, -0.2) is 8.42 Å². The standard InChI is InChI=1S/C21H27N3O3S/c1-17-8-9-18(2)20(14-17)28(26,27)24-12-10-23(11-13-24)16-21(25)22-15-19-6-4-3-5-7-19/h3-9,14H,10-13,15-16H2,1-2H3,(H,22,25)/p+1. The Morgan fingerprint density at radius 2 is 1.75 bits per heavy atom. The number of rotatable bonds is 6. The van der Waals surface area contributed by atoms with Crippen LogP contribution in [0.15, 0.2) is 53.4 Å². The summed E-state index contributed by atoms with van der Waals surface area (Å²) in [6.45, 7) is 6.71. The molecule has 6 nitrogen and oxygen atoms in total. The summed E-state index contributed by atoms with van der Waals surface area (Å²) in [4.78, 5) is 13.7. The SMILES string of the molecule is Cc1ccc(C)c(S(=O)(=O)N2CC[NH+](CC(=O)NCc3ccccc3)CC2)c1. The van der Waals surface area contributed by atoms with E-state index in [0.717, 1.165) is 21.6 Å². The number of sulfonamides is 1. The Bertz CT molecular complexity index is 921. The molecule has 3 rings (SSSR count). The highest BCUT2D eigenvalue weighted by Crippen LogP contribution is 2.21. The van der Waals surface area contributed by atoms with E-state index in [1.807, 2.05) is 56.3 Å². The van der Waals surface area contributed by atoms with Crippen LogP contribution in [0.4, 0.5) is 0 Å². The van der Waals surface area contributed by atoms with E-state index in [0.29, 0.717) is 44.2 Å². The van der Waals surface area contributed by atoms with E-state index < -0.39 is 10.0 Å². The van der Waals surface area contributed by atoms with Crippen LogP contribution in [0.3, 0.4) is 0 Å². The summed E-state index contributed by atoms with van der Waals surface area (Å²) in [6, 6.07) is 15.3. The molecule has 0 aliphatic carbocycles. The third-order valence-corrected chi connectivity index (χ3v) is 7.17. The van der Waals surface area contributed by atoms with Gasteiger partial charge in [0.2, 0.25) is 10.0 Å². The number of piperazine rings is 1. The first-order chi connectivity index (χ1) is 13.4. The predicted octanol–water partition coefficient (Wildman–Crippen LogP) is 0.509. The second-order valence-electron chi connectivity index (χ2n) is 7.36. The number of carbonyl (C=O) groups excluding carboxylic acids is 1. The van der Waals surface area contributed by atoms with E-state index in [1.165, 1.54) is 0 Å². The Morgan fingerprint density at radius 3 is 2.43 bits per heavy atom. The average Bonchev–Trinajstić information content (AvgIpc) is 2.69. The van der Waals surface area contributed by atoms with Crippen molar-refractivity contribution in [1.29, 1.82) is 0 Å². The quantitative estimate of drug-likeness (QED) is 0.740.